The first-order chi connectivity index (χ1) is 8.89. The summed E-state index contributed by atoms with van der Waals surface area (Å²) in [6.45, 7) is 0. The van der Waals surface area contributed by atoms with Gasteiger partial charge in [0.15, 0.2) is 0 Å². The van der Waals surface area contributed by atoms with Gasteiger partial charge in [-0.2, -0.15) is 0 Å². The van der Waals surface area contributed by atoms with Crippen molar-refractivity contribution >= 4 is 16.0 Å². The lowest BCUT2D eigenvalue weighted by Crippen LogP contribution is -2.16. The first kappa shape index (κ1) is 13.3. The normalized spacial score (nSPS) is 11.2. The van der Waals surface area contributed by atoms with E-state index >= 15 is 0 Å². The van der Waals surface area contributed by atoms with E-state index in [1.165, 1.54) is 12.1 Å². The van der Waals surface area contributed by atoms with E-state index in [0.29, 0.717) is 5.56 Å². The first-order valence-corrected chi connectivity index (χ1v) is 6.90. The Labute approximate surface area is 110 Å². The highest BCUT2D eigenvalue weighted by molar-refractivity contribution is 7.89. The lowest BCUT2D eigenvalue weighted by atomic mass is 10.0. The molecule has 0 heterocycles. The van der Waals surface area contributed by atoms with Gasteiger partial charge < -0.3 is 5.11 Å². The molecule has 0 saturated heterocycles. The third-order valence-electron chi connectivity index (χ3n) is 2.63. The topological polar surface area (TPSA) is 97.5 Å². The molecule has 6 heteroatoms. The SMILES string of the molecule is NS(=O)(=O)c1cc(-c2ccccc2)ccc1C(=O)O. The summed E-state index contributed by atoms with van der Waals surface area (Å²) in [5, 5.41) is 14.0. The average Bonchev–Trinajstić information content (AvgIpc) is 2.38. The van der Waals surface area contributed by atoms with E-state index in [1.807, 2.05) is 6.07 Å². The molecule has 98 valence electrons. The molecule has 2 aromatic rings. The smallest absolute Gasteiger partial charge is 0.337 e. The van der Waals surface area contributed by atoms with Gasteiger partial charge in [-0.1, -0.05) is 36.4 Å². The average molecular weight is 277 g/mol. The van der Waals surface area contributed by atoms with Crippen LogP contribution in [-0.2, 0) is 10.0 Å². The quantitative estimate of drug-likeness (QED) is 0.892. The first-order valence-electron chi connectivity index (χ1n) is 5.35. The van der Waals surface area contributed by atoms with Gasteiger partial charge in [-0.05, 0) is 23.3 Å². The van der Waals surface area contributed by atoms with Crippen LogP contribution in [0.15, 0.2) is 53.4 Å². The number of carboxylic acid groups (broad SMARTS) is 1. The van der Waals surface area contributed by atoms with Crippen LogP contribution < -0.4 is 5.14 Å². The molecule has 0 saturated carbocycles. The molecule has 2 rings (SSSR count). The van der Waals surface area contributed by atoms with Crippen LogP contribution in [0.1, 0.15) is 10.4 Å². The fourth-order valence-electron chi connectivity index (χ4n) is 1.74. The lowest BCUT2D eigenvalue weighted by Gasteiger charge is -2.07. The van der Waals surface area contributed by atoms with E-state index in [9.17, 15) is 13.2 Å². The van der Waals surface area contributed by atoms with Crippen molar-refractivity contribution in [1.29, 1.82) is 0 Å². The molecule has 0 radical (unpaired) electrons. The predicted molar refractivity (Wildman–Crippen MR) is 70.2 cm³/mol. The van der Waals surface area contributed by atoms with Crippen LogP contribution >= 0.6 is 0 Å². The Hall–Kier alpha value is -2.18. The van der Waals surface area contributed by atoms with E-state index in [0.717, 1.165) is 5.56 Å². The lowest BCUT2D eigenvalue weighted by molar-refractivity contribution is 0.0692. The largest absolute Gasteiger partial charge is 0.478 e. The van der Waals surface area contributed by atoms with Gasteiger partial charge in [-0.25, -0.2) is 18.4 Å². The van der Waals surface area contributed by atoms with Crippen LogP contribution in [0.25, 0.3) is 11.1 Å². The zero-order valence-corrected chi connectivity index (χ0v) is 10.6. The molecule has 0 aliphatic carbocycles. The van der Waals surface area contributed by atoms with Crippen molar-refractivity contribution in [2.45, 2.75) is 4.90 Å². The van der Waals surface area contributed by atoms with Crippen LogP contribution in [-0.4, -0.2) is 19.5 Å². The molecule has 0 bridgehead atoms. The van der Waals surface area contributed by atoms with Gasteiger partial charge >= 0.3 is 5.97 Å². The Morgan fingerprint density at radius 1 is 1.00 bits per heavy atom. The summed E-state index contributed by atoms with van der Waals surface area (Å²) in [6, 6.07) is 13.1. The Kier molecular flexibility index (Phi) is 3.37. The van der Waals surface area contributed by atoms with Crippen molar-refractivity contribution in [3.63, 3.8) is 0 Å². The van der Waals surface area contributed by atoms with Gasteiger partial charge in [0, 0.05) is 0 Å². The summed E-state index contributed by atoms with van der Waals surface area (Å²) < 4.78 is 22.9. The number of rotatable bonds is 3. The van der Waals surface area contributed by atoms with Crippen molar-refractivity contribution in [2.75, 3.05) is 0 Å². The third-order valence-corrected chi connectivity index (χ3v) is 3.58. The zero-order chi connectivity index (χ0) is 14.0. The van der Waals surface area contributed by atoms with Gasteiger partial charge in [0.05, 0.1) is 10.5 Å². The minimum absolute atomic E-state index is 0.331. The summed E-state index contributed by atoms with van der Waals surface area (Å²) in [6.07, 6.45) is 0. The molecule has 0 aliphatic rings. The number of benzene rings is 2. The van der Waals surface area contributed by atoms with Gasteiger partial charge in [-0.15, -0.1) is 0 Å². The molecule has 19 heavy (non-hydrogen) atoms. The number of hydrogen-bond acceptors (Lipinski definition) is 3. The van der Waals surface area contributed by atoms with Crippen molar-refractivity contribution < 1.29 is 18.3 Å². The van der Waals surface area contributed by atoms with Crippen molar-refractivity contribution in [3.05, 3.63) is 54.1 Å². The van der Waals surface area contributed by atoms with E-state index < -0.39 is 16.0 Å². The molecule has 0 amide bonds. The summed E-state index contributed by atoms with van der Waals surface area (Å²) >= 11 is 0. The number of nitrogens with two attached hydrogens (primary N) is 1. The Morgan fingerprint density at radius 3 is 2.16 bits per heavy atom. The third kappa shape index (κ3) is 2.81. The number of primary sulfonamides is 1. The van der Waals surface area contributed by atoms with Gasteiger partial charge in [0.2, 0.25) is 10.0 Å². The van der Waals surface area contributed by atoms with E-state index in [2.05, 4.69) is 0 Å². The van der Waals surface area contributed by atoms with Crippen molar-refractivity contribution in [1.82, 2.24) is 0 Å². The number of aromatic carboxylic acids is 1. The van der Waals surface area contributed by atoms with Crippen LogP contribution in [0.2, 0.25) is 0 Å². The van der Waals surface area contributed by atoms with Crippen LogP contribution in [0.4, 0.5) is 0 Å². The minimum Gasteiger partial charge on any atom is -0.478 e. The van der Waals surface area contributed by atoms with Gasteiger partial charge in [0.25, 0.3) is 0 Å². The summed E-state index contributed by atoms with van der Waals surface area (Å²) in [4.78, 5) is 10.6. The second-order valence-electron chi connectivity index (χ2n) is 3.93. The Balaban J connectivity index is 2.67. The standard InChI is InChI=1S/C13H11NO4S/c14-19(17,18)12-8-10(6-7-11(12)13(15)16)9-4-2-1-3-5-9/h1-8H,(H,15,16)(H2,14,17,18). The summed E-state index contributed by atoms with van der Waals surface area (Å²) in [5.74, 6) is -1.33. The number of carbonyl (C=O) groups is 1. The second-order valence-corrected chi connectivity index (χ2v) is 5.46. The second kappa shape index (κ2) is 4.83. The van der Waals surface area contributed by atoms with Crippen LogP contribution in [0.5, 0.6) is 0 Å². The Bertz CT molecular complexity index is 724. The zero-order valence-electron chi connectivity index (χ0n) is 9.78. The molecule has 0 aromatic heterocycles. The van der Waals surface area contributed by atoms with Crippen molar-refractivity contribution in [3.8, 4) is 11.1 Å². The molecular weight excluding hydrogens is 266 g/mol. The monoisotopic (exact) mass is 277 g/mol. The molecular formula is C13H11NO4S. The van der Waals surface area contributed by atoms with Gasteiger partial charge in [0.1, 0.15) is 0 Å². The van der Waals surface area contributed by atoms with Gasteiger partial charge in [-0.3, -0.25) is 0 Å². The summed E-state index contributed by atoms with van der Waals surface area (Å²) in [7, 11) is -4.09. The molecule has 5 nitrogen and oxygen atoms in total. The van der Waals surface area contributed by atoms with Crippen molar-refractivity contribution in [2.24, 2.45) is 5.14 Å². The fourth-order valence-corrected chi connectivity index (χ4v) is 2.50. The van der Waals surface area contributed by atoms with Crippen LogP contribution in [0.3, 0.4) is 0 Å². The molecule has 0 spiro atoms. The maximum atomic E-state index is 11.5. The van der Waals surface area contributed by atoms with E-state index in [4.69, 9.17) is 10.2 Å². The molecule has 0 fully saturated rings. The summed E-state index contributed by atoms with van der Waals surface area (Å²) in [5.41, 5.74) is 1.04. The number of hydrogen-bond donors (Lipinski definition) is 2. The van der Waals surface area contributed by atoms with Crippen LogP contribution in [0, 0.1) is 0 Å². The Morgan fingerprint density at radius 2 is 1.63 bits per heavy atom. The molecule has 2 aromatic carbocycles. The van der Waals surface area contributed by atoms with E-state index in [1.54, 1.807) is 30.3 Å². The molecule has 0 atom stereocenters. The molecule has 0 aliphatic heterocycles. The number of carboxylic acids is 1. The minimum atomic E-state index is -4.09. The van der Waals surface area contributed by atoms with E-state index in [-0.39, 0.29) is 10.5 Å². The molecule has 3 N–H and O–H groups in total. The highest BCUT2D eigenvalue weighted by Gasteiger charge is 2.19. The molecule has 0 unspecified atom stereocenters. The number of sulfonamides is 1. The highest BCUT2D eigenvalue weighted by atomic mass is 32.2. The fraction of sp³-hybridized carbons (Fsp3) is 0. The maximum Gasteiger partial charge on any atom is 0.337 e. The highest BCUT2D eigenvalue weighted by Crippen LogP contribution is 2.24. The predicted octanol–water partition coefficient (Wildman–Crippen LogP) is 1.70. The maximum absolute atomic E-state index is 11.5.